The van der Waals surface area contributed by atoms with Crippen molar-refractivity contribution in [3.05, 3.63) is 58.9 Å². The number of rotatable bonds is 5. The molecule has 2 aromatic rings. The molecule has 1 amide bonds. The Morgan fingerprint density at radius 2 is 1.88 bits per heavy atom. The van der Waals surface area contributed by atoms with Crippen molar-refractivity contribution in [3.63, 3.8) is 0 Å². The van der Waals surface area contributed by atoms with E-state index in [-0.39, 0.29) is 18.2 Å². The number of aromatic nitrogens is 1. The smallest absolute Gasteiger partial charge is 0.410 e. The first kappa shape index (κ1) is 27.5. The van der Waals surface area contributed by atoms with Gasteiger partial charge in [-0.05, 0) is 82.3 Å². The van der Waals surface area contributed by atoms with E-state index in [9.17, 15) is 4.79 Å². The Hall–Kier alpha value is -2.68. The molecule has 1 aromatic heterocycles. The van der Waals surface area contributed by atoms with Crippen LogP contribution >= 0.6 is 0 Å². The number of carbonyl (C=O) groups is 1. The van der Waals surface area contributed by atoms with Crippen LogP contribution in [0.15, 0.2) is 36.5 Å². The van der Waals surface area contributed by atoms with E-state index in [1.54, 1.807) is 0 Å². The van der Waals surface area contributed by atoms with Crippen molar-refractivity contribution in [1.82, 2.24) is 19.7 Å². The first-order chi connectivity index (χ1) is 19.3. The van der Waals surface area contributed by atoms with Gasteiger partial charge in [0.2, 0.25) is 0 Å². The highest BCUT2D eigenvalue weighted by molar-refractivity contribution is 5.70. The zero-order valence-corrected chi connectivity index (χ0v) is 24.6. The fourth-order valence-electron chi connectivity index (χ4n) is 6.89. The number of amides is 1. The summed E-state index contributed by atoms with van der Waals surface area (Å²) in [6.45, 7) is 13.1. The van der Waals surface area contributed by atoms with Crippen molar-refractivity contribution in [1.29, 1.82) is 0 Å². The molecule has 3 aliphatic heterocycles. The molecule has 0 radical (unpaired) electrons. The molecule has 4 heterocycles. The van der Waals surface area contributed by atoms with Gasteiger partial charge in [-0.3, -0.25) is 19.7 Å². The number of likely N-dealkylation sites (N-methyl/N-ethyl adjacent to an activating group) is 1. The highest BCUT2D eigenvalue weighted by atomic mass is 16.6. The van der Waals surface area contributed by atoms with Gasteiger partial charge >= 0.3 is 6.09 Å². The lowest BCUT2D eigenvalue weighted by Crippen LogP contribution is -2.57. The Labute approximate surface area is 239 Å². The van der Waals surface area contributed by atoms with Gasteiger partial charge in [-0.2, -0.15) is 0 Å². The van der Waals surface area contributed by atoms with Gasteiger partial charge in [0.25, 0.3) is 0 Å². The molecule has 0 saturated carbocycles. The van der Waals surface area contributed by atoms with Crippen LogP contribution in [0.5, 0.6) is 0 Å². The van der Waals surface area contributed by atoms with E-state index in [0.717, 1.165) is 65.2 Å². The Morgan fingerprint density at radius 1 is 1.10 bits per heavy atom. The second-order valence-corrected chi connectivity index (χ2v) is 13.0. The van der Waals surface area contributed by atoms with Gasteiger partial charge in [-0.1, -0.05) is 18.2 Å². The lowest BCUT2D eigenvalue weighted by Gasteiger charge is -2.45. The number of ether oxygens (including phenoxy) is 2. The summed E-state index contributed by atoms with van der Waals surface area (Å²) in [5, 5.41) is 0. The third kappa shape index (κ3) is 5.71. The summed E-state index contributed by atoms with van der Waals surface area (Å²) in [4.78, 5) is 27.9. The van der Waals surface area contributed by atoms with Gasteiger partial charge in [0.15, 0.2) is 0 Å². The number of carbonyl (C=O) groups excluding carboxylic acids is 1. The minimum atomic E-state index is -0.535. The number of piperazine rings is 1. The Balaban J connectivity index is 1.24. The minimum absolute atomic E-state index is 0.0241. The number of fused-ring (bicyclic) bond motifs is 2. The predicted octanol–water partition coefficient (Wildman–Crippen LogP) is 4.27. The molecular weight excluding hydrogens is 502 g/mol. The quantitative estimate of drug-likeness (QED) is 0.554. The number of aryl methyl sites for hydroxylation is 1. The largest absolute Gasteiger partial charge is 0.444 e. The molecule has 8 nitrogen and oxygen atoms in total. The highest BCUT2D eigenvalue weighted by Gasteiger charge is 2.37. The third-order valence-corrected chi connectivity index (χ3v) is 9.09. The maximum Gasteiger partial charge on any atom is 0.410 e. The van der Waals surface area contributed by atoms with Gasteiger partial charge in [-0.15, -0.1) is 0 Å². The lowest BCUT2D eigenvalue weighted by molar-refractivity contribution is -0.0660. The van der Waals surface area contributed by atoms with Crippen LogP contribution in [-0.4, -0.2) is 96.4 Å². The molecular formula is C32H45N5O3. The zero-order chi connectivity index (χ0) is 27.9. The average molecular weight is 548 g/mol. The first-order valence-electron chi connectivity index (χ1n) is 15.1. The van der Waals surface area contributed by atoms with E-state index in [4.69, 9.17) is 14.5 Å². The summed E-state index contributed by atoms with van der Waals surface area (Å²) >= 11 is 0. The average Bonchev–Trinajstić information content (AvgIpc) is 2.90. The second kappa shape index (κ2) is 11.3. The second-order valence-electron chi connectivity index (χ2n) is 13.0. The number of benzene rings is 1. The van der Waals surface area contributed by atoms with Crippen LogP contribution in [0.3, 0.4) is 0 Å². The van der Waals surface area contributed by atoms with Gasteiger partial charge in [0.1, 0.15) is 5.60 Å². The molecule has 6 rings (SSSR count). The lowest BCUT2D eigenvalue weighted by atomic mass is 9.89. The molecule has 0 spiro atoms. The molecule has 2 saturated heterocycles. The molecule has 2 fully saturated rings. The van der Waals surface area contributed by atoms with Gasteiger partial charge < -0.3 is 14.4 Å². The van der Waals surface area contributed by atoms with Crippen LogP contribution in [0.2, 0.25) is 0 Å². The van der Waals surface area contributed by atoms with E-state index < -0.39 is 5.60 Å². The summed E-state index contributed by atoms with van der Waals surface area (Å²) < 4.78 is 11.4. The topological polar surface area (TPSA) is 61.4 Å². The Bertz CT molecular complexity index is 1200. The van der Waals surface area contributed by atoms with Crippen LogP contribution in [0.1, 0.15) is 62.0 Å². The number of nitrogens with zero attached hydrogens (tertiary/aromatic N) is 5. The van der Waals surface area contributed by atoms with Crippen molar-refractivity contribution in [2.24, 2.45) is 0 Å². The normalized spacial score (nSPS) is 23.9. The summed E-state index contributed by atoms with van der Waals surface area (Å²) in [7, 11) is 2.20. The van der Waals surface area contributed by atoms with E-state index in [1.165, 1.54) is 34.5 Å². The number of hydrogen-bond donors (Lipinski definition) is 0. The summed E-state index contributed by atoms with van der Waals surface area (Å²) in [5.74, 6) is 0. The minimum Gasteiger partial charge on any atom is -0.444 e. The van der Waals surface area contributed by atoms with Gasteiger partial charge in [0, 0.05) is 51.2 Å². The van der Waals surface area contributed by atoms with Crippen molar-refractivity contribution >= 4 is 11.8 Å². The van der Waals surface area contributed by atoms with Crippen LogP contribution in [0.4, 0.5) is 10.5 Å². The molecule has 0 bridgehead atoms. The van der Waals surface area contributed by atoms with Crippen LogP contribution < -0.4 is 4.90 Å². The standard InChI is InChI=1S/C32H45N5O3/c1-32(2,3)40-31(38)37-19-24-9-6-11-28(36-16-14-35(15-17-36)26-21-39-22-26)27(24)18-25(37)20-34(4)29-12-5-8-23-10-7-13-33-30(23)29/h6-7,9-11,13,25-26,29H,5,8,12,14-22H2,1-4H3/t25?,29-/m0/s1. The van der Waals surface area contributed by atoms with E-state index >= 15 is 0 Å². The fourth-order valence-corrected chi connectivity index (χ4v) is 6.89. The van der Waals surface area contributed by atoms with Crippen LogP contribution in [0, 0.1) is 0 Å². The molecule has 8 heteroatoms. The molecule has 1 unspecified atom stereocenters. The molecule has 4 aliphatic rings. The molecule has 1 aromatic carbocycles. The van der Waals surface area contributed by atoms with Crippen molar-refractivity contribution in [3.8, 4) is 0 Å². The fraction of sp³-hybridized carbons (Fsp3) is 0.625. The SMILES string of the molecule is CN(CC1Cc2c(cccc2N2CCN(C3COC3)CC2)CN1C(=O)OC(C)(C)C)[C@H]1CCCc2cccnc21. The predicted molar refractivity (Wildman–Crippen MR) is 157 cm³/mol. The number of anilines is 1. The molecule has 216 valence electrons. The van der Waals surface area contributed by atoms with Crippen molar-refractivity contribution < 1.29 is 14.3 Å². The number of pyridine rings is 1. The van der Waals surface area contributed by atoms with Crippen molar-refractivity contribution in [2.45, 2.75) is 76.7 Å². The Kier molecular flexibility index (Phi) is 7.77. The molecule has 40 heavy (non-hydrogen) atoms. The monoisotopic (exact) mass is 547 g/mol. The van der Waals surface area contributed by atoms with Crippen molar-refractivity contribution in [2.75, 3.05) is 57.9 Å². The van der Waals surface area contributed by atoms with E-state index in [0.29, 0.717) is 12.6 Å². The molecule has 1 aliphatic carbocycles. The van der Waals surface area contributed by atoms with Gasteiger partial charge in [0.05, 0.1) is 37.0 Å². The summed E-state index contributed by atoms with van der Waals surface area (Å²) in [5.41, 5.74) is 5.99. The molecule has 0 N–H and O–H groups in total. The van der Waals surface area contributed by atoms with E-state index in [1.807, 2.05) is 37.9 Å². The number of hydrogen-bond acceptors (Lipinski definition) is 7. The maximum atomic E-state index is 13.6. The zero-order valence-electron chi connectivity index (χ0n) is 24.6. The molecule has 2 atom stereocenters. The highest BCUT2D eigenvalue weighted by Crippen LogP contribution is 2.36. The summed E-state index contributed by atoms with van der Waals surface area (Å²) in [6.07, 6.45) is 5.88. The Morgan fingerprint density at radius 3 is 2.60 bits per heavy atom. The summed E-state index contributed by atoms with van der Waals surface area (Å²) in [6, 6.07) is 11.8. The third-order valence-electron chi connectivity index (χ3n) is 9.09. The van der Waals surface area contributed by atoms with E-state index in [2.05, 4.69) is 46.0 Å². The first-order valence-corrected chi connectivity index (χ1v) is 15.1. The van der Waals surface area contributed by atoms with Crippen LogP contribution in [-0.2, 0) is 28.9 Å². The maximum absolute atomic E-state index is 13.6. The van der Waals surface area contributed by atoms with Crippen LogP contribution in [0.25, 0.3) is 0 Å². The van der Waals surface area contributed by atoms with Gasteiger partial charge in [-0.25, -0.2) is 4.79 Å².